The minimum absolute atomic E-state index is 0.0587. The van der Waals surface area contributed by atoms with E-state index in [4.69, 9.17) is 5.11 Å². The number of aliphatic hydroxyl groups excluding tert-OH is 1. The van der Waals surface area contributed by atoms with E-state index >= 15 is 0 Å². The van der Waals surface area contributed by atoms with Crippen LogP contribution in [0.25, 0.3) is 0 Å². The molecule has 0 aromatic rings. The van der Waals surface area contributed by atoms with Crippen molar-refractivity contribution in [3.8, 4) is 0 Å². The lowest BCUT2D eigenvalue weighted by Gasteiger charge is -2.05. The third kappa shape index (κ3) is 3.80. The first kappa shape index (κ1) is 8.84. The molecular formula is C3H6Br2O3. The Bertz CT molecular complexity index is 47.8. The summed E-state index contributed by atoms with van der Waals surface area (Å²) in [7, 11) is 0. The monoisotopic (exact) mass is 248 g/mol. The van der Waals surface area contributed by atoms with Gasteiger partial charge in [0.15, 0.2) is 0 Å². The average molecular weight is 250 g/mol. The summed E-state index contributed by atoms with van der Waals surface area (Å²) in [5, 5.41) is 8.40. The van der Waals surface area contributed by atoms with Crippen LogP contribution in [0, 0.1) is 0 Å². The smallest absolute Gasteiger partial charge is 0.119 e. The van der Waals surface area contributed by atoms with Gasteiger partial charge in [-0.05, 0) is 0 Å². The summed E-state index contributed by atoms with van der Waals surface area (Å²) >= 11 is 5.44. The topological polar surface area (TPSA) is 38.7 Å². The van der Waals surface area contributed by atoms with Crippen LogP contribution in [0.3, 0.4) is 0 Å². The molecule has 5 heteroatoms. The fraction of sp³-hybridized carbons (Fsp3) is 1.00. The van der Waals surface area contributed by atoms with Gasteiger partial charge >= 0.3 is 0 Å². The molecule has 0 saturated heterocycles. The van der Waals surface area contributed by atoms with Crippen molar-refractivity contribution in [2.45, 2.75) is 6.10 Å². The summed E-state index contributed by atoms with van der Waals surface area (Å²) in [6.45, 7) is 0.263. The number of halogens is 2. The van der Waals surface area contributed by atoms with Crippen LogP contribution in [0.5, 0.6) is 0 Å². The van der Waals surface area contributed by atoms with Crippen LogP contribution >= 0.6 is 32.5 Å². The molecule has 0 aliphatic heterocycles. The van der Waals surface area contributed by atoms with E-state index in [9.17, 15) is 0 Å². The number of aliphatic hydroxyl groups is 1. The molecule has 1 atom stereocenters. The van der Waals surface area contributed by atoms with E-state index in [1.807, 2.05) is 0 Å². The van der Waals surface area contributed by atoms with Crippen molar-refractivity contribution in [2.75, 3.05) is 13.2 Å². The van der Waals surface area contributed by atoms with Gasteiger partial charge in [-0.2, -0.15) is 0 Å². The van der Waals surface area contributed by atoms with Gasteiger partial charge in [0, 0.05) is 0 Å². The molecule has 0 fully saturated rings. The second-order valence-corrected chi connectivity index (χ2v) is 2.00. The molecule has 0 aromatic heterocycles. The van der Waals surface area contributed by atoms with Gasteiger partial charge < -0.3 is 8.93 Å². The Morgan fingerprint density at radius 2 is 2.12 bits per heavy atom. The summed E-state index contributed by atoms with van der Waals surface area (Å²) in [4.78, 5) is 0. The van der Waals surface area contributed by atoms with Gasteiger partial charge in [-0.1, -0.05) is 0 Å². The molecule has 0 bridgehead atoms. The van der Waals surface area contributed by atoms with Gasteiger partial charge in [0.2, 0.25) is 0 Å². The highest BCUT2D eigenvalue weighted by molar-refractivity contribution is 9.06. The Morgan fingerprint density at radius 1 is 1.50 bits per heavy atom. The maximum absolute atomic E-state index is 8.40. The predicted octanol–water partition coefficient (Wildman–Crippen LogP) is 1.00. The fourth-order valence-corrected chi connectivity index (χ4v) is 0.698. The van der Waals surface area contributed by atoms with Gasteiger partial charge in [0.1, 0.15) is 6.10 Å². The second kappa shape index (κ2) is 5.97. The van der Waals surface area contributed by atoms with E-state index in [-0.39, 0.29) is 12.7 Å². The first-order valence-electron chi connectivity index (χ1n) is 1.97. The fourth-order valence-electron chi connectivity index (χ4n) is 0.177. The van der Waals surface area contributed by atoms with Crippen LogP contribution in [0.4, 0.5) is 0 Å². The molecule has 0 aromatic carbocycles. The normalized spacial score (nSPS) is 13.9. The van der Waals surface area contributed by atoms with Gasteiger partial charge in [-0.3, -0.25) is 3.83 Å². The third-order valence-electron chi connectivity index (χ3n) is 0.579. The minimum Gasteiger partial charge on any atom is -0.394 e. The molecule has 0 aliphatic rings. The molecule has 0 aliphatic carbocycles. The molecule has 0 saturated carbocycles. The largest absolute Gasteiger partial charge is 0.394 e. The Balaban J connectivity index is 3.07. The van der Waals surface area contributed by atoms with Gasteiger partial charge in [-0.25, -0.2) is 0 Å². The Labute approximate surface area is 64.9 Å². The number of hydrogen-bond donors (Lipinski definition) is 1. The molecule has 8 heavy (non-hydrogen) atoms. The maximum atomic E-state index is 8.40. The zero-order valence-corrected chi connectivity index (χ0v) is 7.18. The van der Waals surface area contributed by atoms with Crippen LogP contribution in [-0.2, 0) is 7.66 Å². The van der Waals surface area contributed by atoms with Crippen LogP contribution in [-0.4, -0.2) is 24.4 Å². The highest BCUT2D eigenvalue weighted by Crippen LogP contribution is 1.98. The quantitative estimate of drug-likeness (QED) is 0.808. The first-order valence-corrected chi connectivity index (χ1v) is 3.26. The maximum Gasteiger partial charge on any atom is 0.119 e. The van der Waals surface area contributed by atoms with E-state index in [2.05, 4.69) is 40.2 Å². The van der Waals surface area contributed by atoms with E-state index in [0.717, 1.165) is 0 Å². The lowest BCUT2D eigenvalue weighted by atomic mass is 10.4. The molecule has 1 N–H and O–H groups in total. The van der Waals surface area contributed by atoms with Gasteiger partial charge in [0.25, 0.3) is 0 Å². The van der Waals surface area contributed by atoms with Gasteiger partial charge in [0.05, 0.1) is 45.7 Å². The zero-order valence-electron chi connectivity index (χ0n) is 4.01. The van der Waals surface area contributed by atoms with Crippen LogP contribution in [0.2, 0.25) is 0 Å². The number of hydrogen-bond acceptors (Lipinski definition) is 3. The summed E-state index contributed by atoms with van der Waals surface area (Å²) in [5.74, 6) is 0. The first-order chi connectivity index (χ1) is 3.85. The predicted molar refractivity (Wildman–Crippen MR) is 35.8 cm³/mol. The summed E-state index contributed by atoms with van der Waals surface area (Å²) in [6.07, 6.45) is -0.297. The van der Waals surface area contributed by atoms with Crippen molar-refractivity contribution in [3.63, 3.8) is 0 Å². The molecule has 0 amide bonds. The molecule has 0 spiro atoms. The van der Waals surface area contributed by atoms with Crippen molar-refractivity contribution in [2.24, 2.45) is 0 Å². The van der Waals surface area contributed by atoms with Gasteiger partial charge in [-0.15, -0.1) is 0 Å². The SMILES string of the molecule is OCC(COBr)OBr. The minimum atomic E-state index is -0.297. The molecule has 0 rings (SSSR count). The molecule has 3 nitrogen and oxygen atoms in total. The van der Waals surface area contributed by atoms with E-state index in [1.165, 1.54) is 0 Å². The summed E-state index contributed by atoms with van der Waals surface area (Å²) in [6, 6.07) is 0. The highest BCUT2D eigenvalue weighted by atomic mass is 79.9. The van der Waals surface area contributed by atoms with Crippen LogP contribution < -0.4 is 0 Å². The standard InChI is InChI=1S/C3H6Br2O3/c4-7-2-3(1-6)8-5/h3,6H,1-2H2. The van der Waals surface area contributed by atoms with E-state index in [0.29, 0.717) is 6.61 Å². The van der Waals surface area contributed by atoms with E-state index in [1.54, 1.807) is 0 Å². The van der Waals surface area contributed by atoms with Crippen molar-refractivity contribution >= 4 is 32.5 Å². The molecule has 0 radical (unpaired) electrons. The molecular weight excluding hydrogens is 244 g/mol. The third-order valence-corrected chi connectivity index (χ3v) is 1.37. The van der Waals surface area contributed by atoms with Crippen molar-refractivity contribution in [3.05, 3.63) is 0 Å². The Kier molecular flexibility index (Phi) is 6.59. The Morgan fingerprint density at radius 3 is 2.25 bits per heavy atom. The lowest BCUT2D eigenvalue weighted by molar-refractivity contribution is 0.107. The van der Waals surface area contributed by atoms with Crippen molar-refractivity contribution < 1.29 is 12.8 Å². The summed E-state index contributed by atoms with van der Waals surface area (Å²) < 4.78 is 9.03. The van der Waals surface area contributed by atoms with E-state index < -0.39 is 0 Å². The van der Waals surface area contributed by atoms with Crippen molar-refractivity contribution in [1.82, 2.24) is 0 Å². The van der Waals surface area contributed by atoms with Crippen LogP contribution in [0.1, 0.15) is 0 Å². The highest BCUT2D eigenvalue weighted by Gasteiger charge is 2.04. The van der Waals surface area contributed by atoms with Crippen LogP contribution in [0.15, 0.2) is 0 Å². The Hall–Kier alpha value is 0.840. The number of rotatable bonds is 4. The second-order valence-electron chi connectivity index (χ2n) is 1.17. The zero-order chi connectivity index (χ0) is 6.41. The average Bonchev–Trinajstić information content (AvgIpc) is 1.83. The molecule has 1 unspecified atom stereocenters. The summed E-state index contributed by atoms with van der Waals surface area (Å²) in [5.41, 5.74) is 0. The lowest BCUT2D eigenvalue weighted by Crippen LogP contribution is -2.17. The molecule has 0 heterocycles. The molecule has 50 valence electrons. The van der Waals surface area contributed by atoms with Crippen molar-refractivity contribution in [1.29, 1.82) is 0 Å².